The molecule has 28 heavy (non-hydrogen) atoms. The van der Waals surface area contributed by atoms with E-state index in [9.17, 15) is 9.59 Å². The Bertz CT molecular complexity index is 1040. The SMILES string of the molecule is COC(=O)C[C@@H](NC(=O)c1sc2nc(C3CC3)nc(C)c2c1C)c1cccs1. The zero-order valence-corrected chi connectivity index (χ0v) is 17.6. The van der Waals surface area contributed by atoms with Gasteiger partial charge in [0.2, 0.25) is 0 Å². The van der Waals surface area contributed by atoms with Crippen molar-refractivity contribution in [1.29, 1.82) is 0 Å². The maximum atomic E-state index is 13.1. The Morgan fingerprint density at radius 3 is 2.75 bits per heavy atom. The summed E-state index contributed by atoms with van der Waals surface area (Å²) in [6.07, 6.45) is 2.37. The second kappa shape index (κ2) is 7.60. The van der Waals surface area contributed by atoms with Gasteiger partial charge < -0.3 is 10.1 Å². The number of ether oxygens (including phenoxy) is 1. The van der Waals surface area contributed by atoms with Gasteiger partial charge in [-0.15, -0.1) is 22.7 Å². The molecule has 3 aromatic heterocycles. The number of carbonyl (C=O) groups excluding carboxylic acids is 2. The first kappa shape index (κ1) is 19.0. The molecule has 1 aliphatic rings. The molecule has 8 heteroatoms. The molecule has 1 amide bonds. The van der Waals surface area contributed by atoms with Crippen LogP contribution in [0, 0.1) is 13.8 Å². The molecule has 6 nitrogen and oxygen atoms in total. The summed E-state index contributed by atoms with van der Waals surface area (Å²) in [4.78, 5) is 36.6. The predicted molar refractivity (Wildman–Crippen MR) is 110 cm³/mol. The third kappa shape index (κ3) is 3.66. The van der Waals surface area contributed by atoms with E-state index in [2.05, 4.69) is 10.3 Å². The van der Waals surface area contributed by atoms with Crippen LogP contribution in [0.15, 0.2) is 17.5 Å². The summed E-state index contributed by atoms with van der Waals surface area (Å²) in [5.74, 6) is 0.795. The number of rotatable bonds is 6. The van der Waals surface area contributed by atoms with Gasteiger partial charge in [-0.25, -0.2) is 9.97 Å². The fraction of sp³-hybridized carbons (Fsp3) is 0.400. The Labute approximate surface area is 171 Å². The Balaban J connectivity index is 1.64. The molecule has 0 aromatic carbocycles. The second-order valence-electron chi connectivity index (χ2n) is 7.00. The highest BCUT2D eigenvalue weighted by Crippen LogP contribution is 2.40. The van der Waals surface area contributed by atoms with Crippen LogP contribution in [0.2, 0.25) is 0 Å². The van der Waals surface area contributed by atoms with Gasteiger partial charge in [-0.2, -0.15) is 0 Å². The van der Waals surface area contributed by atoms with Crippen LogP contribution in [0.1, 0.15) is 62.9 Å². The Morgan fingerprint density at radius 2 is 2.11 bits per heavy atom. The van der Waals surface area contributed by atoms with Crippen molar-refractivity contribution >= 4 is 44.8 Å². The van der Waals surface area contributed by atoms with Crippen LogP contribution in [0.5, 0.6) is 0 Å². The number of hydrogen-bond donors (Lipinski definition) is 1. The largest absolute Gasteiger partial charge is 0.469 e. The molecule has 146 valence electrons. The van der Waals surface area contributed by atoms with Gasteiger partial charge in [0, 0.05) is 16.2 Å². The normalized spacial score (nSPS) is 14.8. The summed E-state index contributed by atoms with van der Waals surface area (Å²) in [7, 11) is 1.35. The minimum Gasteiger partial charge on any atom is -0.469 e. The van der Waals surface area contributed by atoms with E-state index in [1.54, 1.807) is 0 Å². The Hall–Kier alpha value is -2.32. The van der Waals surface area contributed by atoms with E-state index in [1.807, 2.05) is 31.4 Å². The number of methoxy groups -OCH3 is 1. The molecule has 4 rings (SSSR count). The maximum absolute atomic E-state index is 13.1. The highest BCUT2D eigenvalue weighted by atomic mass is 32.1. The molecule has 0 bridgehead atoms. The number of amides is 1. The predicted octanol–water partition coefficient (Wildman–Crippen LogP) is 4.28. The van der Waals surface area contributed by atoms with E-state index in [1.165, 1.54) is 29.8 Å². The molecule has 1 atom stereocenters. The number of fused-ring (bicyclic) bond motifs is 1. The van der Waals surface area contributed by atoms with Crippen LogP contribution >= 0.6 is 22.7 Å². The number of hydrogen-bond acceptors (Lipinski definition) is 7. The van der Waals surface area contributed by atoms with Crippen molar-refractivity contribution in [2.24, 2.45) is 0 Å². The lowest BCUT2D eigenvalue weighted by molar-refractivity contribution is -0.141. The molecule has 0 aliphatic heterocycles. The molecule has 3 aromatic rings. The van der Waals surface area contributed by atoms with Crippen molar-refractivity contribution in [2.45, 2.75) is 45.1 Å². The number of nitrogens with zero attached hydrogens (tertiary/aromatic N) is 2. The lowest BCUT2D eigenvalue weighted by Gasteiger charge is -2.16. The van der Waals surface area contributed by atoms with Crippen LogP contribution < -0.4 is 5.32 Å². The van der Waals surface area contributed by atoms with Crippen LogP contribution in [0.3, 0.4) is 0 Å². The zero-order valence-electron chi connectivity index (χ0n) is 15.9. The van der Waals surface area contributed by atoms with Gasteiger partial charge in [-0.05, 0) is 43.7 Å². The van der Waals surface area contributed by atoms with Crippen LogP contribution in [0.4, 0.5) is 0 Å². The van der Waals surface area contributed by atoms with Crippen molar-refractivity contribution in [3.8, 4) is 0 Å². The van der Waals surface area contributed by atoms with Crippen LogP contribution in [-0.4, -0.2) is 29.0 Å². The number of carbonyl (C=O) groups is 2. The molecular weight excluding hydrogens is 394 g/mol. The number of esters is 1. The summed E-state index contributed by atoms with van der Waals surface area (Å²) in [6, 6.07) is 3.40. The van der Waals surface area contributed by atoms with Crippen molar-refractivity contribution in [1.82, 2.24) is 15.3 Å². The molecule has 0 radical (unpaired) electrons. The first-order valence-electron chi connectivity index (χ1n) is 9.16. The van der Waals surface area contributed by atoms with Crippen molar-refractivity contribution in [3.05, 3.63) is 44.3 Å². The average molecular weight is 416 g/mol. The van der Waals surface area contributed by atoms with Gasteiger partial charge in [-0.1, -0.05) is 6.07 Å². The number of thiophene rings is 2. The molecule has 0 spiro atoms. The average Bonchev–Trinajstić information content (AvgIpc) is 3.26. The topological polar surface area (TPSA) is 81.2 Å². The Kier molecular flexibility index (Phi) is 5.16. The second-order valence-corrected chi connectivity index (χ2v) is 8.98. The number of nitrogens with one attached hydrogen (secondary N) is 1. The molecule has 1 aliphatic carbocycles. The minimum absolute atomic E-state index is 0.0946. The van der Waals surface area contributed by atoms with Gasteiger partial charge in [-0.3, -0.25) is 9.59 Å². The lowest BCUT2D eigenvalue weighted by Crippen LogP contribution is -2.29. The van der Waals surface area contributed by atoms with Crippen molar-refractivity contribution in [2.75, 3.05) is 7.11 Å². The van der Waals surface area contributed by atoms with Crippen LogP contribution in [0.25, 0.3) is 10.2 Å². The van der Waals surface area contributed by atoms with E-state index in [-0.39, 0.29) is 18.3 Å². The first-order valence-corrected chi connectivity index (χ1v) is 10.9. The third-order valence-corrected chi connectivity index (χ3v) is 7.10. The van der Waals surface area contributed by atoms with Gasteiger partial charge in [0.1, 0.15) is 10.7 Å². The molecular formula is C20H21N3O3S2. The van der Waals surface area contributed by atoms with E-state index in [0.29, 0.717) is 10.8 Å². The number of aryl methyl sites for hydroxylation is 2. The summed E-state index contributed by atoms with van der Waals surface area (Å²) in [5.41, 5.74) is 1.81. The van der Waals surface area contributed by atoms with Crippen LogP contribution in [-0.2, 0) is 9.53 Å². The molecule has 0 unspecified atom stereocenters. The first-order chi connectivity index (χ1) is 13.5. The fourth-order valence-electron chi connectivity index (χ4n) is 3.29. The standard InChI is InChI=1S/C20H21N3O3S2/c1-10-16-11(2)21-18(12-6-7-12)23-20(16)28-17(10)19(25)22-13(9-15(24)26-3)14-5-4-8-27-14/h4-5,8,12-13H,6-7,9H2,1-3H3,(H,22,25)/t13-/m1/s1. The quantitative estimate of drug-likeness (QED) is 0.608. The van der Waals surface area contributed by atoms with Gasteiger partial charge >= 0.3 is 5.97 Å². The summed E-state index contributed by atoms with van der Waals surface area (Å²) >= 11 is 2.90. The fourth-order valence-corrected chi connectivity index (χ4v) is 5.21. The van der Waals surface area contributed by atoms with E-state index in [4.69, 9.17) is 9.72 Å². The maximum Gasteiger partial charge on any atom is 0.307 e. The van der Waals surface area contributed by atoms with E-state index >= 15 is 0 Å². The lowest BCUT2D eigenvalue weighted by atomic mass is 10.1. The van der Waals surface area contributed by atoms with Gasteiger partial charge in [0.25, 0.3) is 5.91 Å². The molecule has 0 saturated heterocycles. The minimum atomic E-state index is -0.418. The van der Waals surface area contributed by atoms with Gasteiger partial charge in [0.05, 0.1) is 30.1 Å². The highest BCUT2D eigenvalue weighted by molar-refractivity contribution is 7.20. The zero-order chi connectivity index (χ0) is 19.8. The van der Waals surface area contributed by atoms with Crippen molar-refractivity contribution in [3.63, 3.8) is 0 Å². The number of aromatic nitrogens is 2. The summed E-state index contributed by atoms with van der Waals surface area (Å²) < 4.78 is 4.79. The molecule has 1 saturated carbocycles. The molecule has 1 fully saturated rings. The molecule has 3 heterocycles. The third-order valence-electron chi connectivity index (χ3n) is 4.93. The summed E-state index contributed by atoms with van der Waals surface area (Å²) in [5, 5.41) is 5.89. The summed E-state index contributed by atoms with van der Waals surface area (Å²) in [6.45, 7) is 3.91. The molecule has 1 N–H and O–H groups in total. The smallest absolute Gasteiger partial charge is 0.307 e. The Morgan fingerprint density at radius 1 is 1.32 bits per heavy atom. The van der Waals surface area contributed by atoms with Gasteiger partial charge in [0.15, 0.2) is 0 Å². The van der Waals surface area contributed by atoms with Crippen molar-refractivity contribution < 1.29 is 14.3 Å². The van der Waals surface area contributed by atoms with E-state index < -0.39 is 6.04 Å². The van der Waals surface area contributed by atoms with E-state index in [0.717, 1.165) is 45.0 Å². The highest BCUT2D eigenvalue weighted by Gasteiger charge is 2.29. The monoisotopic (exact) mass is 415 g/mol.